The summed E-state index contributed by atoms with van der Waals surface area (Å²) in [5.41, 5.74) is 1.90. The van der Waals surface area contributed by atoms with Crippen molar-refractivity contribution < 1.29 is 23.0 Å². The summed E-state index contributed by atoms with van der Waals surface area (Å²) in [6, 6.07) is 7.19. The van der Waals surface area contributed by atoms with E-state index in [0.29, 0.717) is 17.1 Å². The van der Waals surface area contributed by atoms with Gasteiger partial charge in [-0.2, -0.15) is 0 Å². The molecule has 3 rings (SSSR count). The Morgan fingerprint density at radius 2 is 1.74 bits per heavy atom. The largest absolute Gasteiger partial charge is 0.457 e. The molecule has 0 amide bonds. The van der Waals surface area contributed by atoms with E-state index < -0.39 is 17.6 Å². The molecule has 1 aliphatic carbocycles. The Morgan fingerprint density at radius 3 is 2.33 bits per heavy atom. The average Bonchev–Trinajstić information content (AvgIpc) is 3.49. The van der Waals surface area contributed by atoms with Crippen molar-refractivity contribution in [1.82, 2.24) is 0 Å². The van der Waals surface area contributed by atoms with Gasteiger partial charge >= 0.3 is 5.97 Å². The smallest absolute Gasteiger partial charge is 0.335 e. The predicted octanol–water partition coefficient (Wildman–Crippen LogP) is 5.64. The van der Waals surface area contributed by atoms with Crippen LogP contribution in [0.15, 0.2) is 67.0 Å². The van der Waals surface area contributed by atoms with Crippen molar-refractivity contribution in [1.29, 1.82) is 0 Å². The Balaban J connectivity index is 1.91. The molecule has 2 aromatic rings. The van der Waals surface area contributed by atoms with Gasteiger partial charge in [-0.1, -0.05) is 19.2 Å². The van der Waals surface area contributed by atoms with Crippen molar-refractivity contribution in [2.45, 2.75) is 19.8 Å². The number of carbonyl (C=O) groups excluding carboxylic acids is 1. The minimum absolute atomic E-state index is 0.170. The minimum Gasteiger partial charge on any atom is -0.457 e. The highest BCUT2D eigenvalue weighted by Crippen LogP contribution is 2.36. The molecule has 0 unspecified atom stereocenters. The number of hydrogen-bond donors (Lipinski definition) is 0. The van der Waals surface area contributed by atoms with Crippen molar-refractivity contribution in [3.63, 3.8) is 0 Å². The summed E-state index contributed by atoms with van der Waals surface area (Å²) >= 11 is 0. The van der Waals surface area contributed by atoms with E-state index in [1.807, 2.05) is 0 Å². The molecule has 2 aromatic carbocycles. The molecular weight excluding hydrogens is 350 g/mol. The van der Waals surface area contributed by atoms with Gasteiger partial charge in [-0.05, 0) is 60.7 Å². The maximum Gasteiger partial charge on any atom is 0.335 e. The molecular formula is C22H18F2O3. The second-order valence-corrected chi connectivity index (χ2v) is 6.09. The Labute approximate surface area is 156 Å². The first kappa shape index (κ1) is 18.6. The van der Waals surface area contributed by atoms with Crippen LogP contribution < -0.4 is 9.47 Å². The third-order valence-corrected chi connectivity index (χ3v) is 4.22. The lowest BCUT2D eigenvalue weighted by molar-refractivity contribution is -0.129. The summed E-state index contributed by atoms with van der Waals surface area (Å²) < 4.78 is 39.6. The number of ether oxygens (including phenoxy) is 2. The van der Waals surface area contributed by atoms with Gasteiger partial charge in [0.1, 0.15) is 17.3 Å². The molecule has 0 saturated heterocycles. The van der Waals surface area contributed by atoms with Crippen LogP contribution in [0.1, 0.15) is 18.4 Å². The van der Waals surface area contributed by atoms with Crippen LogP contribution in [0.25, 0.3) is 11.1 Å². The number of benzene rings is 2. The number of hydrogen-bond acceptors (Lipinski definition) is 3. The zero-order valence-electron chi connectivity index (χ0n) is 14.9. The normalized spacial score (nSPS) is 12.3. The number of halogens is 2. The Bertz CT molecular complexity index is 968. The fraction of sp³-hybridized carbons (Fsp3) is 0.136. The summed E-state index contributed by atoms with van der Waals surface area (Å²) in [5.74, 6) is -1.27. The van der Waals surface area contributed by atoms with E-state index in [-0.39, 0.29) is 16.9 Å². The van der Waals surface area contributed by atoms with Crippen LogP contribution in [0.2, 0.25) is 0 Å². The fourth-order valence-corrected chi connectivity index (χ4v) is 2.65. The highest BCUT2D eigenvalue weighted by atomic mass is 19.1. The van der Waals surface area contributed by atoms with Gasteiger partial charge in [0, 0.05) is 17.7 Å². The molecule has 5 heteroatoms. The van der Waals surface area contributed by atoms with Gasteiger partial charge in [-0.15, -0.1) is 0 Å². The Kier molecular flexibility index (Phi) is 5.21. The van der Waals surface area contributed by atoms with Gasteiger partial charge in [-0.3, -0.25) is 0 Å². The van der Waals surface area contributed by atoms with Crippen molar-refractivity contribution >= 4 is 5.97 Å². The van der Waals surface area contributed by atoms with Gasteiger partial charge < -0.3 is 9.47 Å². The average molecular weight is 368 g/mol. The van der Waals surface area contributed by atoms with Crippen LogP contribution >= 0.6 is 0 Å². The van der Waals surface area contributed by atoms with Crippen LogP contribution in [0.5, 0.6) is 11.5 Å². The molecule has 27 heavy (non-hydrogen) atoms. The SMILES string of the molecule is C=CC(=O)Oc1ccc(-c2ccc(OC(C=C)=C3CC3)cc2F)c(C)c1F. The van der Waals surface area contributed by atoms with Crippen molar-refractivity contribution in [2.24, 2.45) is 0 Å². The van der Waals surface area contributed by atoms with Crippen LogP contribution in [-0.2, 0) is 4.79 Å². The summed E-state index contributed by atoms with van der Waals surface area (Å²) in [4.78, 5) is 11.3. The molecule has 138 valence electrons. The monoisotopic (exact) mass is 368 g/mol. The molecule has 0 N–H and O–H groups in total. The highest BCUT2D eigenvalue weighted by Gasteiger charge is 2.19. The summed E-state index contributed by atoms with van der Waals surface area (Å²) in [5, 5.41) is 0. The first-order valence-corrected chi connectivity index (χ1v) is 8.40. The molecule has 0 atom stereocenters. The van der Waals surface area contributed by atoms with Crippen LogP contribution in [0, 0.1) is 18.6 Å². The second kappa shape index (κ2) is 7.58. The molecule has 0 aromatic heterocycles. The topological polar surface area (TPSA) is 35.5 Å². The van der Waals surface area contributed by atoms with Crippen LogP contribution in [0.4, 0.5) is 8.78 Å². The van der Waals surface area contributed by atoms with Gasteiger partial charge in [0.15, 0.2) is 11.6 Å². The molecule has 0 heterocycles. The summed E-state index contributed by atoms with van der Waals surface area (Å²) in [6.45, 7) is 8.46. The lowest BCUT2D eigenvalue weighted by Crippen LogP contribution is -2.06. The van der Waals surface area contributed by atoms with Gasteiger partial charge in [0.25, 0.3) is 0 Å². The number of esters is 1. The summed E-state index contributed by atoms with van der Waals surface area (Å²) in [6.07, 6.45) is 4.47. The molecule has 1 fully saturated rings. The van der Waals surface area contributed by atoms with Crippen molar-refractivity contribution in [3.8, 4) is 22.6 Å². The number of allylic oxidation sites excluding steroid dienone is 2. The Morgan fingerprint density at radius 1 is 1.04 bits per heavy atom. The van der Waals surface area contributed by atoms with E-state index >= 15 is 0 Å². The minimum atomic E-state index is -0.767. The Hall–Kier alpha value is -3.21. The predicted molar refractivity (Wildman–Crippen MR) is 99.4 cm³/mol. The molecule has 0 radical (unpaired) electrons. The van der Waals surface area contributed by atoms with Gasteiger partial charge in [0.2, 0.25) is 0 Å². The maximum absolute atomic E-state index is 14.6. The third kappa shape index (κ3) is 3.97. The second-order valence-electron chi connectivity index (χ2n) is 6.09. The van der Waals surface area contributed by atoms with E-state index in [9.17, 15) is 13.6 Å². The van der Waals surface area contributed by atoms with Crippen LogP contribution in [0.3, 0.4) is 0 Å². The van der Waals surface area contributed by atoms with Crippen molar-refractivity contribution in [2.75, 3.05) is 0 Å². The van der Waals surface area contributed by atoms with E-state index in [1.54, 1.807) is 12.1 Å². The highest BCUT2D eigenvalue weighted by molar-refractivity contribution is 5.83. The zero-order valence-corrected chi connectivity index (χ0v) is 14.9. The standard InChI is InChI=1S/C22H18F2O3/c1-4-19(14-6-7-14)26-15-8-9-17(18(23)12-15)16-10-11-20(22(24)13(16)3)27-21(25)5-2/h4-5,8-12H,1-2,6-7H2,3H3. The lowest BCUT2D eigenvalue weighted by Gasteiger charge is -2.13. The molecule has 0 aliphatic heterocycles. The first-order chi connectivity index (χ1) is 12.9. The maximum atomic E-state index is 14.6. The number of carbonyl (C=O) groups is 1. The van der Waals surface area contributed by atoms with E-state index in [1.165, 1.54) is 31.2 Å². The van der Waals surface area contributed by atoms with E-state index in [0.717, 1.165) is 24.5 Å². The van der Waals surface area contributed by atoms with Gasteiger partial charge in [-0.25, -0.2) is 13.6 Å². The molecule has 1 aliphatic rings. The molecule has 0 spiro atoms. The van der Waals surface area contributed by atoms with E-state index in [2.05, 4.69) is 13.2 Å². The first-order valence-electron chi connectivity index (χ1n) is 8.40. The molecule has 1 saturated carbocycles. The third-order valence-electron chi connectivity index (χ3n) is 4.22. The zero-order chi connectivity index (χ0) is 19.6. The lowest BCUT2D eigenvalue weighted by atomic mass is 9.99. The quantitative estimate of drug-likeness (QED) is 0.286. The van der Waals surface area contributed by atoms with E-state index in [4.69, 9.17) is 9.47 Å². The molecule has 0 bridgehead atoms. The summed E-state index contributed by atoms with van der Waals surface area (Å²) in [7, 11) is 0. The number of rotatable bonds is 6. The molecule has 3 nitrogen and oxygen atoms in total. The van der Waals surface area contributed by atoms with Crippen LogP contribution in [-0.4, -0.2) is 5.97 Å². The fourth-order valence-electron chi connectivity index (χ4n) is 2.65. The van der Waals surface area contributed by atoms with Gasteiger partial charge in [0.05, 0.1) is 0 Å². The van der Waals surface area contributed by atoms with Crippen molar-refractivity contribution in [3.05, 3.63) is 84.2 Å².